The molecule has 2 aromatic rings. The molecule has 0 saturated carbocycles. The Bertz CT molecular complexity index is 903. The largest absolute Gasteiger partial charge is 0.497 e. The highest BCUT2D eigenvalue weighted by molar-refractivity contribution is 7.10. The Morgan fingerprint density at radius 3 is 2.81 bits per heavy atom. The second kappa shape index (κ2) is 11.7. The molecule has 1 aromatic heterocycles. The highest BCUT2D eigenvalue weighted by Crippen LogP contribution is 2.34. The number of thiophene rings is 1. The topological polar surface area (TPSA) is 80.3 Å². The van der Waals surface area contributed by atoms with E-state index < -0.39 is 0 Å². The van der Waals surface area contributed by atoms with Crippen molar-refractivity contribution in [1.82, 2.24) is 15.1 Å². The summed E-state index contributed by atoms with van der Waals surface area (Å²) in [6.07, 6.45) is 0.799. The van der Waals surface area contributed by atoms with Crippen LogP contribution in [0.1, 0.15) is 23.4 Å². The van der Waals surface area contributed by atoms with Gasteiger partial charge in [-0.2, -0.15) is 0 Å². The number of rotatable bonds is 10. The molecule has 0 aliphatic carbocycles. The van der Waals surface area contributed by atoms with Crippen LogP contribution in [0.2, 0.25) is 0 Å². The SMILES string of the molecule is CCNC(=O)N(CCOC)CC(=O)N1CCc2sccc2[C@H]1COc1cccc(OC)c1. The molecule has 1 aliphatic rings. The minimum atomic E-state index is -0.268. The van der Waals surface area contributed by atoms with Crippen molar-refractivity contribution in [3.8, 4) is 11.5 Å². The number of nitrogens with one attached hydrogen (secondary N) is 1. The van der Waals surface area contributed by atoms with E-state index >= 15 is 0 Å². The molecule has 0 saturated heterocycles. The van der Waals surface area contributed by atoms with Crippen molar-refractivity contribution >= 4 is 23.3 Å². The minimum absolute atomic E-state index is 0.00960. The first-order chi connectivity index (χ1) is 15.6. The summed E-state index contributed by atoms with van der Waals surface area (Å²) in [5.41, 5.74) is 1.11. The van der Waals surface area contributed by atoms with Gasteiger partial charge in [-0.1, -0.05) is 6.07 Å². The molecule has 8 nitrogen and oxygen atoms in total. The molecule has 0 fully saturated rings. The van der Waals surface area contributed by atoms with Crippen LogP contribution >= 0.6 is 11.3 Å². The monoisotopic (exact) mass is 461 g/mol. The van der Waals surface area contributed by atoms with E-state index in [0.29, 0.717) is 44.3 Å². The van der Waals surface area contributed by atoms with Gasteiger partial charge in [0, 0.05) is 37.7 Å². The molecule has 2 heterocycles. The molecule has 1 aliphatic heterocycles. The summed E-state index contributed by atoms with van der Waals surface area (Å²) >= 11 is 1.70. The van der Waals surface area contributed by atoms with Gasteiger partial charge in [0.2, 0.25) is 5.91 Å². The van der Waals surface area contributed by atoms with Crippen LogP contribution in [0.5, 0.6) is 11.5 Å². The third kappa shape index (κ3) is 5.92. The fraction of sp³-hybridized carbons (Fsp3) is 0.478. The van der Waals surface area contributed by atoms with Crippen molar-refractivity contribution in [1.29, 1.82) is 0 Å². The first-order valence-electron chi connectivity index (χ1n) is 10.7. The average molecular weight is 462 g/mol. The molecule has 1 N–H and O–H groups in total. The van der Waals surface area contributed by atoms with E-state index in [2.05, 4.69) is 16.8 Å². The first kappa shape index (κ1) is 23.9. The van der Waals surface area contributed by atoms with E-state index in [1.165, 1.54) is 9.78 Å². The number of benzene rings is 1. The molecule has 3 amide bonds. The summed E-state index contributed by atoms with van der Waals surface area (Å²) < 4.78 is 16.5. The van der Waals surface area contributed by atoms with Gasteiger partial charge in [-0.3, -0.25) is 4.79 Å². The van der Waals surface area contributed by atoms with Gasteiger partial charge < -0.3 is 29.3 Å². The van der Waals surface area contributed by atoms with Crippen molar-refractivity contribution in [2.24, 2.45) is 0 Å². The van der Waals surface area contributed by atoms with Crippen LogP contribution in [0.4, 0.5) is 4.79 Å². The van der Waals surface area contributed by atoms with Crippen molar-refractivity contribution in [2.75, 3.05) is 53.6 Å². The maximum atomic E-state index is 13.3. The van der Waals surface area contributed by atoms with Gasteiger partial charge in [0.15, 0.2) is 0 Å². The molecule has 3 rings (SSSR count). The highest BCUT2D eigenvalue weighted by Gasteiger charge is 2.33. The van der Waals surface area contributed by atoms with Gasteiger partial charge >= 0.3 is 6.03 Å². The Morgan fingerprint density at radius 1 is 1.25 bits per heavy atom. The summed E-state index contributed by atoms with van der Waals surface area (Å²) in [6, 6.07) is 8.99. The van der Waals surface area contributed by atoms with E-state index in [-0.39, 0.29) is 24.5 Å². The highest BCUT2D eigenvalue weighted by atomic mass is 32.1. The van der Waals surface area contributed by atoms with Gasteiger partial charge in [-0.15, -0.1) is 11.3 Å². The molecule has 9 heteroatoms. The maximum Gasteiger partial charge on any atom is 0.317 e. The third-order valence-electron chi connectivity index (χ3n) is 5.37. The van der Waals surface area contributed by atoms with Gasteiger partial charge in [-0.05, 0) is 42.5 Å². The van der Waals surface area contributed by atoms with Crippen LogP contribution in [0, 0.1) is 0 Å². The second-order valence-electron chi connectivity index (χ2n) is 7.39. The number of fused-ring (bicyclic) bond motifs is 1. The molecule has 1 aromatic carbocycles. The third-order valence-corrected chi connectivity index (χ3v) is 6.37. The van der Waals surface area contributed by atoms with Crippen molar-refractivity contribution in [2.45, 2.75) is 19.4 Å². The van der Waals surface area contributed by atoms with E-state index in [0.717, 1.165) is 12.0 Å². The predicted molar refractivity (Wildman–Crippen MR) is 123 cm³/mol. The number of carbonyl (C=O) groups excluding carboxylic acids is 2. The Kier molecular flexibility index (Phi) is 8.75. The smallest absolute Gasteiger partial charge is 0.317 e. The fourth-order valence-electron chi connectivity index (χ4n) is 3.71. The fourth-order valence-corrected chi connectivity index (χ4v) is 4.64. The zero-order chi connectivity index (χ0) is 22.9. The molecule has 174 valence electrons. The lowest BCUT2D eigenvalue weighted by atomic mass is 10.0. The zero-order valence-electron chi connectivity index (χ0n) is 18.8. The zero-order valence-corrected chi connectivity index (χ0v) is 19.7. The van der Waals surface area contributed by atoms with Crippen LogP contribution in [0.25, 0.3) is 0 Å². The Morgan fingerprint density at radius 2 is 2.06 bits per heavy atom. The predicted octanol–water partition coefficient (Wildman–Crippen LogP) is 2.94. The molecular weight excluding hydrogens is 430 g/mol. The maximum absolute atomic E-state index is 13.3. The number of amides is 3. The normalized spacial score (nSPS) is 15.1. The van der Waals surface area contributed by atoms with E-state index in [9.17, 15) is 9.59 Å². The summed E-state index contributed by atoms with van der Waals surface area (Å²) in [4.78, 5) is 30.4. The van der Waals surface area contributed by atoms with Crippen LogP contribution in [0.15, 0.2) is 35.7 Å². The first-order valence-corrected chi connectivity index (χ1v) is 11.6. The summed E-state index contributed by atoms with van der Waals surface area (Å²) in [5, 5.41) is 4.82. The quantitative estimate of drug-likeness (QED) is 0.589. The van der Waals surface area contributed by atoms with Crippen LogP contribution in [-0.2, 0) is 16.0 Å². The average Bonchev–Trinajstić information content (AvgIpc) is 3.29. The van der Waals surface area contributed by atoms with E-state index in [1.54, 1.807) is 25.6 Å². The van der Waals surface area contributed by atoms with Crippen LogP contribution < -0.4 is 14.8 Å². The number of hydrogen-bond acceptors (Lipinski definition) is 6. The summed E-state index contributed by atoms with van der Waals surface area (Å²) in [7, 11) is 3.19. The van der Waals surface area contributed by atoms with Gasteiger partial charge in [0.25, 0.3) is 0 Å². The van der Waals surface area contributed by atoms with E-state index in [4.69, 9.17) is 14.2 Å². The lowest BCUT2D eigenvalue weighted by Crippen LogP contribution is -2.50. The van der Waals surface area contributed by atoms with E-state index in [1.807, 2.05) is 36.1 Å². The molecule has 32 heavy (non-hydrogen) atoms. The molecular formula is C23H31N3O5S. The molecule has 0 spiro atoms. The molecule has 0 unspecified atom stereocenters. The number of methoxy groups -OCH3 is 2. The number of carbonyl (C=O) groups is 2. The molecule has 0 radical (unpaired) electrons. The number of urea groups is 1. The van der Waals surface area contributed by atoms with Crippen LogP contribution in [0.3, 0.4) is 0 Å². The Balaban J connectivity index is 1.75. The lowest BCUT2D eigenvalue weighted by Gasteiger charge is -2.37. The number of ether oxygens (including phenoxy) is 3. The lowest BCUT2D eigenvalue weighted by molar-refractivity contribution is -0.135. The number of nitrogens with zero attached hydrogens (tertiary/aromatic N) is 2. The van der Waals surface area contributed by atoms with Gasteiger partial charge in [-0.25, -0.2) is 4.79 Å². The van der Waals surface area contributed by atoms with Crippen molar-refractivity contribution in [3.05, 3.63) is 46.2 Å². The second-order valence-corrected chi connectivity index (χ2v) is 8.39. The van der Waals surface area contributed by atoms with Crippen molar-refractivity contribution < 1.29 is 23.8 Å². The Hall–Kier alpha value is -2.78. The molecule has 0 bridgehead atoms. The van der Waals surface area contributed by atoms with Crippen LogP contribution in [-0.4, -0.2) is 75.4 Å². The number of hydrogen-bond donors (Lipinski definition) is 1. The minimum Gasteiger partial charge on any atom is -0.497 e. The summed E-state index contributed by atoms with van der Waals surface area (Å²) in [5.74, 6) is 1.29. The van der Waals surface area contributed by atoms with Crippen molar-refractivity contribution in [3.63, 3.8) is 0 Å². The van der Waals surface area contributed by atoms with Gasteiger partial charge in [0.05, 0.1) is 19.8 Å². The Labute approximate surface area is 193 Å². The van der Waals surface area contributed by atoms with Gasteiger partial charge in [0.1, 0.15) is 24.7 Å². The summed E-state index contributed by atoms with van der Waals surface area (Å²) in [6.45, 7) is 3.95. The standard InChI is InChI=1S/C23H31N3O5S/c1-4-24-23(28)25(11-12-29-2)15-22(27)26-10-8-21-19(9-13-32-21)20(26)16-31-18-7-5-6-17(14-18)30-3/h5-7,9,13-14,20H,4,8,10-12,15-16H2,1-3H3,(H,24,28)/t20-/m1/s1. The molecule has 1 atom stereocenters.